The predicted octanol–water partition coefficient (Wildman–Crippen LogP) is 3.71. The number of nitrogens with zero attached hydrogens (tertiary/aromatic N) is 1. The largest absolute Gasteiger partial charge is 0.329 e. The first-order chi connectivity index (χ1) is 9.69. The van der Waals surface area contributed by atoms with Crippen LogP contribution in [0.3, 0.4) is 0 Å². The SMILES string of the molecule is NCC(c1ccc(Br)cc1F)N1CCc2sccc2C1. The van der Waals surface area contributed by atoms with Gasteiger partial charge in [-0.25, -0.2) is 4.39 Å². The van der Waals surface area contributed by atoms with Gasteiger partial charge in [-0.2, -0.15) is 0 Å². The minimum Gasteiger partial charge on any atom is -0.329 e. The second kappa shape index (κ2) is 5.93. The van der Waals surface area contributed by atoms with Crippen LogP contribution in [0, 0.1) is 5.82 Å². The normalized spacial score (nSPS) is 16.9. The molecule has 0 aliphatic carbocycles. The van der Waals surface area contributed by atoms with Crippen molar-refractivity contribution < 1.29 is 4.39 Å². The van der Waals surface area contributed by atoms with Gasteiger partial charge in [-0.1, -0.05) is 22.0 Å². The Hall–Kier alpha value is -0.750. The number of rotatable bonds is 3. The molecule has 2 aromatic rings. The van der Waals surface area contributed by atoms with Gasteiger partial charge in [0.15, 0.2) is 0 Å². The molecule has 0 spiro atoms. The number of benzene rings is 1. The zero-order valence-electron chi connectivity index (χ0n) is 11.0. The Balaban J connectivity index is 1.87. The molecular formula is C15H16BrFN2S. The number of hydrogen-bond donors (Lipinski definition) is 1. The first-order valence-corrected chi connectivity index (χ1v) is 8.30. The van der Waals surface area contributed by atoms with E-state index in [1.165, 1.54) is 16.5 Å². The molecule has 0 saturated heterocycles. The van der Waals surface area contributed by atoms with Crippen LogP contribution in [0.1, 0.15) is 22.0 Å². The molecule has 0 fully saturated rings. The molecule has 20 heavy (non-hydrogen) atoms. The zero-order valence-corrected chi connectivity index (χ0v) is 13.4. The van der Waals surface area contributed by atoms with E-state index in [1.807, 2.05) is 23.5 Å². The van der Waals surface area contributed by atoms with Crippen molar-refractivity contribution in [3.05, 3.63) is 55.9 Å². The second-order valence-electron chi connectivity index (χ2n) is 5.01. The molecule has 1 unspecified atom stereocenters. The Bertz CT molecular complexity index is 614. The summed E-state index contributed by atoms with van der Waals surface area (Å²) >= 11 is 5.11. The minimum absolute atomic E-state index is 0.0591. The molecule has 1 aliphatic rings. The molecule has 5 heteroatoms. The summed E-state index contributed by atoms with van der Waals surface area (Å²) in [4.78, 5) is 3.73. The second-order valence-corrected chi connectivity index (χ2v) is 6.92. The van der Waals surface area contributed by atoms with Gasteiger partial charge in [0, 0.05) is 34.5 Å². The van der Waals surface area contributed by atoms with Crippen LogP contribution in [-0.2, 0) is 13.0 Å². The standard InChI is InChI=1S/C15H16BrFN2S/c16-11-1-2-12(13(17)7-11)14(8-18)19-5-3-15-10(9-19)4-6-20-15/h1-2,4,6-7,14H,3,5,8-9,18H2. The Kier molecular flexibility index (Phi) is 4.21. The maximum atomic E-state index is 14.2. The van der Waals surface area contributed by atoms with Crippen molar-refractivity contribution in [1.29, 1.82) is 0 Å². The van der Waals surface area contributed by atoms with E-state index in [0.717, 1.165) is 24.0 Å². The Morgan fingerprint density at radius 3 is 3.00 bits per heavy atom. The molecule has 0 bridgehead atoms. The summed E-state index contributed by atoms with van der Waals surface area (Å²) in [5, 5.41) is 2.13. The lowest BCUT2D eigenvalue weighted by molar-refractivity contribution is 0.181. The third-order valence-electron chi connectivity index (χ3n) is 3.82. The van der Waals surface area contributed by atoms with E-state index in [4.69, 9.17) is 5.73 Å². The molecule has 0 saturated carbocycles. The summed E-state index contributed by atoms with van der Waals surface area (Å²) in [6.45, 7) is 2.22. The highest BCUT2D eigenvalue weighted by atomic mass is 79.9. The lowest BCUT2D eigenvalue weighted by atomic mass is 10.0. The number of fused-ring (bicyclic) bond motifs is 1. The van der Waals surface area contributed by atoms with Crippen molar-refractivity contribution >= 4 is 27.3 Å². The number of hydrogen-bond acceptors (Lipinski definition) is 3. The van der Waals surface area contributed by atoms with E-state index in [1.54, 1.807) is 0 Å². The summed E-state index contributed by atoms with van der Waals surface area (Å²) in [7, 11) is 0. The van der Waals surface area contributed by atoms with Crippen LogP contribution in [0.5, 0.6) is 0 Å². The lowest BCUT2D eigenvalue weighted by Gasteiger charge is -2.34. The van der Waals surface area contributed by atoms with Crippen LogP contribution in [0.25, 0.3) is 0 Å². The average Bonchev–Trinajstić information content (AvgIpc) is 2.89. The Morgan fingerprint density at radius 1 is 1.40 bits per heavy atom. The van der Waals surface area contributed by atoms with Crippen molar-refractivity contribution in [2.45, 2.75) is 19.0 Å². The molecule has 0 radical (unpaired) electrons. The van der Waals surface area contributed by atoms with Crippen LogP contribution in [-0.4, -0.2) is 18.0 Å². The van der Waals surface area contributed by atoms with E-state index in [-0.39, 0.29) is 11.9 Å². The van der Waals surface area contributed by atoms with Crippen molar-refractivity contribution in [1.82, 2.24) is 4.90 Å². The molecule has 106 valence electrons. The highest BCUT2D eigenvalue weighted by Gasteiger charge is 2.26. The highest BCUT2D eigenvalue weighted by molar-refractivity contribution is 9.10. The quantitative estimate of drug-likeness (QED) is 0.910. The van der Waals surface area contributed by atoms with Crippen molar-refractivity contribution in [2.75, 3.05) is 13.1 Å². The van der Waals surface area contributed by atoms with Gasteiger partial charge in [0.25, 0.3) is 0 Å². The van der Waals surface area contributed by atoms with Crippen LogP contribution in [0.15, 0.2) is 34.1 Å². The molecule has 2 N–H and O–H groups in total. The highest BCUT2D eigenvalue weighted by Crippen LogP contribution is 2.31. The van der Waals surface area contributed by atoms with E-state index in [2.05, 4.69) is 32.3 Å². The third-order valence-corrected chi connectivity index (χ3v) is 5.34. The van der Waals surface area contributed by atoms with Crippen LogP contribution in [0.2, 0.25) is 0 Å². The van der Waals surface area contributed by atoms with Gasteiger partial charge >= 0.3 is 0 Å². The predicted molar refractivity (Wildman–Crippen MR) is 84.3 cm³/mol. The number of thiophene rings is 1. The minimum atomic E-state index is -0.189. The summed E-state index contributed by atoms with van der Waals surface area (Å²) < 4.78 is 14.9. The van der Waals surface area contributed by atoms with Crippen LogP contribution >= 0.6 is 27.3 Å². The third kappa shape index (κ3) is 2.68. The number of nitrogens with two attached hydrogens (primary N) is 1. The summed E-state index contributed by atoms with van der Waals surface area (Å²) in [5.74, 6) is -0.189. The first-order valence-electron chi connectivity index (χ1n) is 6.63. The molecule has 2 nitrogen and oxygen atoms in total. The fraction of sp³-hybridized carbons (Fsp3) is 0.333. The van der Waals surface area contributed by atoms with Gasteiger partial charge in [0.05, 0.1) is 6.04 Å². The van der Waals surface area contributed by atoms with Gasteiger partial charge in [0.2, 0.25) is 0 Å². The monoisotopic (exact) mass is 354 g/mol. The smallest absolute Gasteiger partial charge is 0.129 e. The topological polar surface area (TPSA) is 29.3 Å². The Labute approximate surface area is 130 Å². The first kappa shape index (κ1) is 14.2. The molecule has 1 atom stereocenters. The summed E-state index contributed by atoms with van der Waals surface area (Å²) in [6.07, 6.45) is 1.03. The van der Waals surface area contributed by atoms with Gasteiger partial charge < -0.3 is 5.73 Å². The zero-order chi connectivity index (χ0) is 14.1. The maximum Gasteiger partial charge on any atom is 0.129 e. The summed E-state index contributed by atoms with van der Waals surface area (Å²) in [5.41, 5.74) is 7.97. The fourth-order valence-corrected chi connectivity index (χ4v) is 4.00. The lowest BCUT2D eigenvalue weighted by Crippen LogP contribution is -2.37. The van der Waals surface area contributed by atoms with Gasteiger partial charge in [0.1, 0.15) is 5.82 Å². The molecule has 1 aliphatic heterocycles. The molecular weight excluding hydrogens is 339 g/mol. The van der Waals surface area contributed by atoms with Crippen molar-refractivity contribution in [3.63, 3.8) is 0 Å². The van der Waals surface area contributed by atoms with E-state index in [9.17, 15) is 4.39 Å². The Morgan fingerprint density at radius 2 is 2.25 bits per heavy atom. The fourth-order valence-electron chi connectivity index (χ4n) is 2.78. The van der Waals surface area contributed by atoms with Crippen molar-refractivity contribution in [2.24, 2.45) is 5.73 Å². The van der Waals surface area contributed by atoms with Gasteiger partial charge in [-0.15, -0.1) is 11.3 Å². The number of halogens is 2. The molecule has 1 aromatic carbocycles. The van der Waals surface area contributed by atoms with Crippen LogP contribution < -0.4 is 5.73 Å². The summed E-state index contributed by atoms with van der Waals surface area (Å²) in [6, 6.07) is 7.33. The molecule has 3 rings (SSSR count). The molecule has 1 aromatic heterocycles. The van der Waals surface area contributed by atoms with Crippen LogP contribution in [0.4, 0.5) is 4.39 Å². The van der Waals surface area contributed by atoms with E-state index >= 15 is 0 Å². The van der Waals surface area contributed by atoms with E-state index < -0.39 is 0 Å². The molecule has 2 heterocycles. The van der Waals surface area contributed by atoms with Crippen molar-refractivity contribution in [3.8, 4) is 0 Å². The van der Waals surface area contributed by atoms with Gasteiger partial charge in [-0.3, -0.25) is 4.90 Å². The molecule has 0 amide bonds. The maximum absolute atomic E-state index is 14.2. The van der Waals surface area contributed by atoms with Gasteiger partial charge in [-0.05, 0) is 35.6 Å². The van der Waals surface area contributed by atoms with E-state index in [0.29, 0.717) is 12.1 Å². The average molecular weight is 355 g/mol.